The first-order valence-corrected chi connectivity index (χ1v) is 8.07. The van der Waals surface area contributed by atoms with Crippen LogP contribution in [0.3, 0.4) is 0 Å². The number of aromatic nitrogens is 1. The summed E-state index contributed by atoms with van der Waals surface area (Å²) in [7, 11) is 0. The summed E-state index contributed by atoms with van der Waals surface area (Å²) in [4.78, 5) is 4.38. The van der Waals surface area contributed by atoms with Crippen LogP contribution < -0.4 is 11.3 Å². The highest BCUT2D eigenvalue weighted by Gasteiger charge is 2.17. The second-order valence-electron chi connectivity index (χ2n) is 4.16. The SMILES string of the molecule is NNC(Cc1cccc(Cl)c1Cl)c1ncc(Br)cc1Br. The molecule has 0 aliphatic carbocycles. The van der Waals surface area contributed by atoms with E-state index in [1.54, 1.807) is 12.3 Å². The zero-order chi connectivity index (χ0) is 14.7. The van der Waals surface area contributed by atoms with Gasteiger partial charge in [0.15, 0.2) is 0 Å². The van der Waals surface area contributed by atoms with Gasteiger partial charge in [0.1, 0.15) is 0 Å². The lowest BCUT2D eigenvalue weighted by atomic mass is 10.0. The third kappa shape index (κ3) is 3.72. The monoisotopic (exact) mass is 437 g/mol. The molecule has 0 radical (unpaired) electrons. The Hall–Kier alpha value is -0.170. The van der Waals surface area contributed by atoms with Crippen molar-refractivity contribution in [3.63, 3.8) is 0 Å². The topological polar surface area (TPSA) is 50.9 Å². The lowest BCUT2D eigenvalue weighted by Gasteiger charge is -2.18. The molecular formula is C13H11Br2Cl2N3. The van der Waals surface area contributed by atoms with Crippen LogP contribution in [0, 0.1) is 0 Å². The minimum Gasteiger partial charge on any atom is -0.271 e. The van der Waals surface area contributed by atoms with Gasteiger partial charge in [-0.15, -0.1) is 0 Å². The van der Waals surface area contributed by atoms with Crippen LogP contribution in [-0.4, -0.2) is 4.98 Å². The van der Waals surface area contributed by atoms with Crippen molar-refractivity contribution in [1.29, 1.82) is 0 Å². The highest BCUT2D eigenvalue weighted by molar-refractivity contribution is 9.11. The van der Waals surface area contributed by atoms with Gasteiger partial charge in [-0.2, -0.15) is 0 Å². The molecule has 0 aliphatic rings. The molecule has 0 saturated carbocycles. The Labute approximate surface area is 144 Å². The summed E-state index contributed by atoms with van der Waals surface area (Å²) >= 11 is 19.1. The molecule has 0 bridgehead atoms. The van der Waals surface area contributed by atoms with Crippen LogP contribution in [0.25, 0.3) is 0 Å². The highest BCUT2D eigenvalue weighted by atomic mass is 79.9. The van der Waals surface area contributed by atoms with E-state index in [-0.39, 0.29) is 6.04 Å². The Morgan fingerprint density at radius 2 is 2.05 bits per heavy atom. The number of nitrogens with zero attached hydrogens (tertiary/aromatic N) is 1. The van der Waals surface area contributed by atoms with Gasteiger partial charge in [0.25, 0.3) is 0 Å². The average molecular weight is 440 g/mol. The van der Waals surface area contributed by atoms with Crippen LogP contribution in [0.5, 0.6) is 0 Å². The van der Waals surface area contributed by atoms with Crippen LogP contribution in [0.15, 0.2) is 39.4 Å². The molecule has 0 amide bonds. The Kier molecular flexibility index (Phi) is 5.84. The second kappa shape index (κ2) is 7.20. The molecule has 0 spiro atoms. The fourth-order valence-corrected chi connectivity index (χ4v) is 3.50. The largest absolute Gasteiger partial charge is 0.271 e. The first-order chi connectivity index (χ1) is 9.52. The van der Waals surface area contributed by atoms with E-state index in [9.17, 15) is 0 Å². The van der Waals surface area contributed by atoms with Gasteiger partial charge in [-0.25, -0.2) is 0 Å². The molecule has 0 saturated heterocycles. The maximum Gasteiger partial charge on any atom is 0.0732 e. The number of hydrazine groups is 1. The molecule has 2 rings (SSSR count). The zero-order valence-corrected chi connectivity index (χ0v) is 14.9. The molecule has 0 fully saturated rings. The lowest BCUT2D eigenvalue weighted by molar-refractivity contribution is 0.536. The second-order valence-corrected chi connectivity index (χ2v) is 6.71. The number of rotatable bonds is 4. The van der Waals surface area contributed by atoms with E-state index in [4.69, 9.17) is 29.0 Å². The Morgan fingerprint density at radius 3 is 2.70 bits per heavy atom. The molecular weight excluding hydrogens is 429 g/mol. The van der Waals surface area contributed by atoms with Crippen molar-refractivity contribution in [2.45, 2.75) is 12.5 Å². The lowest BCUT2D eigenvalue weighted by Crippen LogP contribution is -2.30. The van der Waals surface area contributed by atoms with E-state index in [2.05, 4.69) is 42.3 Å². The van der Waals surface area contributed by atoms with E-state index in [0.717, 1.165) is 20.2 Å². The van der Waals surface area contributed by atoms with Gasteiger partial charge < -0.3 is 0 Å². The summed E-state index contributed by atoms with van der Waals surface area (Å²) in [5, 5.41) is 1.07. The van der Waals surface area contributed by atoms with E-state index < -0.39 is 0 Å². The van der Waals surface area contributed by atoms with Gasteiger partial charge in [0.2, 0.25) is 0 Å². The quantitative estimate of drug-likeness (QED) is 0.538. The van der Waals surface area contributed by atoms with Gasteiger partial charge in [-0.05, 0) is 56.0 Å². The van der Waals surface area contributed by atoms with Crippen LogP contribution in [-0.2, 0) is 6.42 Å². The fourth-order valence-electron chi connectivity index (χ4n) is 1.84. The molecule has 7 heteroatoms. The summed E-state index contributed by atoms with van der Waals surface area (Å²) < 4.78 is 1.76. The molecule has 3 nitrogen and oxygen atoms in total. The van der Waals surface area contributed by atoms with Crippen molar-refractivity contribution in [2.24, 2.45) is 5.84 Å². The third-order valence-electron chi connectivity index (χ3n) is 2.82. The number of halogens is 4. The molecule has 1 unspecified atom stereocenters. The Morgan fingerprint density at radius 1 is 1.30 bits per heavy atom. The molecule has 1 atom stereocenters. The van der Waals surface area contributed by atoms with Crippen molar-refractivity contribution in [3.05, 3.63) is 60.7 Å². The smallest absolute Gasteiger partial charge is 0.0732 e. The fraction of sp³-hybridized carbons (Fsp3) is 0.154. The van der Waals surface area contributed by atoms with Gasteiger partial charge in [-0.1, -0.05) is 35.3 Å². The number of nitrogens with two attached hydrogens (primary N) is 1. The van der Waals surface area contributed by atoms with E-state index in [1.165, 1.54) is 0 Å². The molecule has 106 valence electrons. The average Bonchev–Trinajstić information content (AvgIpc) is 2.41. The number of hydrogen-bond acceptors (Lipinski definition) is 3. The van der Waals surface area contributed by atoms with Gasteiger partial charge >= 0.3 is 0 Å². The van der Waals surface area contributed by atoms with Gasteiger partial charge in [0, 0.05) is 15.1 Å². The van der Waals surface area contributed by atoms with E-state index in [0.29, 0.717) is 16.5 Å². The van der Waals surface area contributed by atoms with Crippen molar-refractivity contribution in [2.75, 3.05) is 0 Å². The van der Waals surface area contributed by atoms with Crippen molar-refractivity contribution in [1.82, 2.24) is 10.4 Å². The van der Waals surface area contributed by atoms with Gasteiger partial charge in [0.05, 0.1) is 21.8 Å². The molecule has 1 aromatic carbocycles. The van der Waals surface area contributed by atoms with Crippen LogP contribution in [0.1, 0.15) is 17.3 Å². The minimum atomic E-state index is -0.173. The summed E-state index contributed by atoms with van der Waals surface area (Å²) in [6.45, 7) is 0. The molecule has 20 heavy (non-hydrogen) atoms. The van der Waals surface area contributed by atoms with Gasteiger partial charge in [-0.3, -0.25) is 16.3 Å². The summed E-state index contributed by atoms with van der Waals surface area (Å²) in [5.41, 5.74) is 4.49. The first-order valence-electron chi connectivity index (χ1n) is 5.73. The van der Waals surface area contributed by atoms with Crippen molar-refractivity contribution < 1.29 is 0 Å². The predicted octanol–water partition coefficient (Wildman–Crippen LogP) is 4.66. The summed E-state index contributed by atoms with van der Waals surface area (Å²) in [5.74, 6) is 5.65. The van der Waals surface area contributed by atoms with Crippen LogP contribution >= 0.6 is 55.1 Å². The number of nitrogens with one attached hydrogen (secondary N) is 1. The minimum absolute atomic E-state index is 0.173. The number of pyridine rings is 1. The van der Waals surface area contributed by atoms with Crippen LogP contribution in [0.4, 0.5) is 0 Å². The molecule has 1 aromatic heterocycles. The number of hydrogen-bond donors (Lipinski definition) is 2. The number of benzene rings is 1. The van der Waals surface area contributed by atoms with Crippen molar-refractivity contribution in [3.8, 4) is 0 Å². The molecule has 0 aliphatic heterocycles. The zero-order valence-electron chi connectivity index (χ0n) is 10.2. The van der Waals surface area contributed by atoms with Crippen LogP contribution in [0.2, 0.25) is 10.0 Å². The maximum absolute atomic E-state index is 6.21. The maximum atomic E-state index is 6.21. The third-order valence-corrected chi connectivity index (χ3v) is 4.75. The summed E-state index contributed by atoms with van der Waals surface area (Å²) in [6, 6.07) is 7.29. The Bertz CT molecular complexity index is 623. The molecule has 1 heterocycles. The predicted molar refractivity (Wildman–Crippen MR) is 89.9 cm³/mol. The normalized spacial score (nSPS) is 12.4. The standard InChI is InChI=1S/C13H11Br2Cl2N3/c14-8-5-9(15)13(19-6-8)11(20-18)4-7-2-1-3-10(16)12(7)17/h1-3,5-6,11,20H,4,18H2. The summed E-state index contributed by atoms with van der Waals surface area (Å²) in [6.07, 6.45) is 2.31. The van der Waals surface area contributed by atoms with Crippen molar-refractivity contribution >= 4 is 55.1 Å². The highest BCUT2D eigenvalue weighted by Crippen LogP contribution is 2.31. The Balaban J connectivity index is 2.31. The van der Waals surface area contributed by atoms with E-state index in [1.807, 2.05) is 18.2 Å². The van der Waals surface area contributed by atoms with E-state index >= 15 is 0 Å². The molecule has 2 aromatic rings. The molecule has 3 N–H and O–H groups in total. The first kappa shape index (κ1) is 16.2.